The van der Waals surface area contributed by atoms with E-state index in [1.807, 2.05) is 349 Å². The molecule has 20 aromatic rings. The molecule has 0 atom stereocenters. The van der Waals surface area contributed by atoms with Crippen LogP contribution in [-0.2, 0) is 0 Å². The highest BCUT2D eigenvalue weighted by Crippen LogP contribution is 2.45. The molecule has 0 aliphatic rings. The summed E-state index contributed by atoms with van der Waals surface area (Å²) in [6.07, 6.45) is 5.15. The minimum Gasteiger partial charge on any atom is -0.497 e. The van der Waals surface area contributed by atoms with E-state index in [4.69, 9.17) is 18.9 Å². The molecule has 0 saturated heterocycles. The summed E-state index contributed by atoms with van der Waals surface area (Å²) in [6.45, 7) is 4.70. The maximum atomic E-state index is 11.0. The van der Waals surface area contributed by atoms with Crippen LogP contribution in [0.1, 0.15) is 74.6 Å². The van der Waals surface area contributed by atoms with Gasteiger partial charge in [-0.05, 0) is 364 Å². The number of hydrogen-bond donors (Lipinski definition) is 0. The van der Waals surface area contributed by atoms with Gasteiger partial charge in [-0.3, -0.25) is 28.8 Å². The second kappa shape index (κ2) is 51.8. The van der Waals surface area contributed by atoms with Crippen molar-refractivity contribution in [2.24, 2.45) is 0 Å². The SMILES string of the molecule is CCOc1ccc(N(c2ccccc2)c2ccc(C=O)cc2)cc1.CN(C)c1ccc(N(c2ccccc2)c2ccc(C=O)cc2)cc1.COc1ccc(N(c2ccc(C=O)cc2)c2ccc(OC)cc2)cc1.COc1ccc(N(c2ccc(C=O)cc2)c2cccc3ccccc23)cc1.Cc1ccc(N(c2ccccc2)c2ccc(C=O)cc2)cc1.O=Cc1ccc(N(c2ccccc2)c2cccc3ccccc23)cc1. The zero-order chi connectivity index (χ0) is 102. The van der Waals surface area contributed by atoms with Gasteiger partial charge in [0.2, 0.25) is 0 Å². The van der Waals surface area contributed by atoms with E-state index >= 15 is 0 Å². The van der Waals surface area contributed by atoms with Crippen molar-refractivity contribution in [2.75, 3.05) is 76.3 Å². The third-order valence-corrected chi connectivity index (χ3v) is 24.1. The predicted molar refractivity (Wildman–Crippen MR) is 604 cm³/mol. The van der Waals surface area contributed by atoms with Gasteiger partial charge in [-0.1, -0.05) is 163 Å². The smallest absolute Gasteiger partial charge is 0.150 e. The Hall–Kier alpha value is -19.3. The van der Waals surface area contributed by atoms with Crippen molar-refractivity contribution in [2.45, 2.75) is 13.8 Å². The lowest BCUT2D eigenvalue weighted by molar-refractivity contribution is 0.111. The molecule has 726 valence electrons. The molecule has 147 heavy (non-hydrogen) atoms. The molecule has 0 radical (unpaired) electrons. The number of carbonyl (C=O) groups is 6. The van der Waals surface area contributed by atoms with Crippen LogP contribution in [0.5, 0.6) is 23.0 Å². The number of ether oxygens (including phenoxy) is 4. The third-order valence-electron chi connectivity index (χ3n) is 24.1. The number of aryl methyl sites for hydroxylation is 1. The number of nitrogens with zero attached hydrogens (tertiary/aromatic N) is 7. The Morgan fingerprint density at radius 3 is 0.605 bits per heavy atom. The first kappa shape index (κ1) is 102. The second-order valence-electron chi connectivity index (χ2n) is 33.9. The number of fused-ring (bicyclic) bond motifs is 2. The van der Waals surface area contributed by atoms with Gasteiger partial charge in [-0.15, -0.1) is 0 Å². The molecule has 20 aromatic carbocycles. The van der Waals surface area contributed by atoms with Gasteiger partial charge in [0.15, 0.2) is 0 Å². The molecular formula is C130H111N7O10. The fourth-order valence-corrected chi connectivity index (χ4v) is 16.6. The quantitative estimate of drug-likeness (QED) is 0.0390. The molecule has 0 saturated carbocycles. The number of para-hydroxylation sites is 4. The molecule has 0 aromatic heterocycles. The van der Waals surface area contributed by atoms with Crippen LogP contribution in [-0.4, -0.2) is 79.7 Å². The van der Waals surface area contributed by atoms with Crippen molar-refractivity contribution < 1.29 is 47.7 Å². The molecule has 0 fully saturated rings. The van der Waals surface area contributed by atoms with E-state index in [0.29, 0.717) is 40.0 Å². The number of benzene rings is 20. The summed E-state index contributed by atoms with van der Waals surface area (Å²) < 4.78 is 21.3. The average Bonchev–Trinajstić information content (AvgIpc) is 0.778. The minimum absolute atomic E-state index is 0.646. The first-order valence-corrected chi connectivity index (χ1v) is 48.0. The molecular weight excluding hydrogens is 1820 g/mol. The largest absolute Gasteiger partial charge is 0.497 e. The standard InChI is InChI=1S/C24H19NO2.C23H17NO.C21H20N2O.C21H19NO3.C21H19NO2.C20H17NO/c1-27-22-15-13-21(14-16-22)25(20-11-9-18(17-26)10-12-20)24-8-4-6-19-5-2-3-7-23(19)24;25-17-18-13-15-21(16-14-18)24(20-9-2-1-3-10-20)23-12-6-8-19-7-4-5-11-22(19)23;1-22(2)18-12-14-21(15-13-18)23(19-6-4-3-5-7-19)20-10-8-17(16-24)9-11-20;1-24-20-11-7-18(8-12-20)22(17-5-3-16(15-23)4-6-17)19-9-13-21(25-2)14-10-19;1-2-24-21-14-12-20(13-15-21)22(18-6-4-3-5-7-18)19-10-8-17(16-23)9-11-19;1-16-7-11-19(12-8-16)21(18-5-3-2-4-6-18)20-13-9-17(15-22)10-14-20/h2-17H,1H3;1-17H;3-16H,1-2H3;3-15H,1-2H3;3-16H,2H2,1H3;2-15H,1H3. The maximum absolute atomic E-state index is 11.0. The molecule has 0 heterocycles. The second-order valence-corrected chi connectivity index (χ2v) is 33.9. The summed E-state index contributed by atoms with van der Waals surface area (Å²) in [4.78, 5) is 80.7. The Labute approximate surface area is 859 Å². The Bertz CT molecular complexity index is 7520. The average molecular weight is 1930 g/mol. The number of aldehydes is 6. The molecule has 0 spiro atoms. The normalized spacial score (nSPS) is 10.3. The summed E-state index contributed by atoms with van der Waals surface area (Å²) in [7, 11) is 9.02. The summed E-state index contributed by atoms with van der Waals surface area (Å²) in [6, 6.07) is 164. The fourth-order valence-electron chi connectivity index (χ4n) is 16.6. The monoisotopic (exact) mass is 1930 g/mol. The number of rotatable bonds is 30. The lowest BCUT2D eigenvalue weighted by Gasteiger charge is -2.27. The Morgan fingerprint density at radius 1 is 0.190 bits per heavy atom. The number of hydrogen-bond acceptors (Lipinski definition) is 17. The van der Waals surface area contributed by atoms with E-state index < -0.39 is 0 Å². The van der Waals surface area contributed by atoms with Crippen LogP contribution in [0.3, 0.4) is 0 Å². The number of methoxy groups -OCH3 is 3. The van der Waals surface area contributed by atoms with Crippen LogP contribution in [0.15, 0.2) is 497 Å². The van der Waals surface area contributed by atoms with Gasteiger partial charge in [0.05, 0.1) is 39.3 Å². The van der Waals surface area contributed by atoms with Crippen molar-refractivity contribution in [1.29, 1.82) is 0 Å². The van der Waals surface area contributed by atoms with Crippen molar-refractivity contribution >= 4 is 167 Å². The van der Waals surface area contributed by atoms with Gasteiger partial charge in [0, 0.05) is 155 Å². The first-order chi connectivity index (χ1) is 72.2. The van der Waals surface area contributed by atoms with Gasteiger partial charge >= 0.3 is 0 Å². The third kappa shape index (κ3) is 26.7. The van der Waals surface area contributed by atoms with Gasteiger partial charge < -0.3 is 53.2 Å². The van der Waals surface area contributed by atoms with Crippen LogP contribution < -0.4 is 53.2 Å². The Morgan fingerprint density at radius 2 is 0.374 bits per heavy atom. The first-order valence-electron chi connectivity index (χ1n) is 48.0. The Balaban J connectivity index is 0.000000132. The molecule has 0 bridgehead atoms. The van der Waals surface area contributed by atoms with E-state index in [-0.39, 0.29) is 0 Å². The van der Waals surface area contributed by atoms with Gasteiger partial charge in [0.1, 0.15) is 60.7 Å². The highest BCUT2D eigenvalue weighted by atomic mass is 16.5. The molecule has 0 aliphatic carbocycles. The summed E-state index contributed by atoms with van der Waals surface area (Å²) in [5.41, 5.74) is 25.1. The summed E-state index contributed by atoms with van der Waals surface area (Å²) in [5.74, 6) is 3.27. The van der Waals surface area contributed by atoms with Crippen LogP contribution in [0.2, 0.25) is 0 Å². The maximum Gasteiger partial charge on any atom is 0.150 e. The molecule has 0 unspecified atom stereocenters. The van der Waals surface area contributed by atoms with E-state index in [2.05, 4.69) is 211 Å². The van der Waals surface area contributed by atoms with Crippen LogP contribution in [0, 0.1) is 6.92 Å². The van der Waals surface area contributed by atoms with E-state index in [1.54, 1.807) is 21.3 Å². The zero-order valence-corrected chi connectivity index (χ0v) is 82.7. The number of carbonyl (C=O) groups excluding carboxylic acids is 6. The highest BCUT2D eigenvalue weighted by molar-refractivity contribution is 6.01. The lowest BCUT2D eigenvalue weighted by Crippen LogP contribution is -2.11. The van der Waals surface area contributed by atoms with Crippen LogP contribution in [0.4, 0.5) is 108 Å². The van der Waals surface area contributed by atoms with Crippen LogP contribution >= 0.6 is 0 Å². The lowest BCUT2D eigenvalue weighted by atomic mass is 10.1. The van der Waals surface area contributed by atoms with Gasteiger partial charge in [0.25, 0.3) is 0 Å². The van der Waals surface area contributed by atoms with E-state index in [1.165, 1.54) is 21.7 Å². The summed E-state index contributed by atoms with van der Waals surface area (Å²) >= 11 is 0. The van der Waals surface area contributed by atoms with Gasteiger partial charge in [-0.2, -0.15) is 0 Å². The molecule has 0 aliphatic heterocycles. The van der Waals surface area contributed by atoms with Crippen molar-refractivity contribution in [3.05, 3.63) is 536 Å². The van der Waals surface area contributed by atoms with Crippen molar-refractivity contribution in [3.8, 4) is 23.0 Å². The molecule has 17 heteroatoms. The number of anilines is 19. The summed E-state index contributed by atoms with van der Waals surface area (Å²) in [5, 5.41) is 4.73. The molecule has 0 amide bonds. The zero-order valence-electron chi connectivity index (χ0n) is 82.7. The van der Waals surface area contributed by atoms with E-state index in [0.717, 1.165) is 174 Å². The van der Waals surface area contributed by atoms with Crippen LogP contribution in [0.25, 0.3) is 21.5 Å². The Kier molecular flexibility index (Phi) is 36.0. The van der Waals surface area contributed by atoms with Crippen molar-refractivity contribution in [1.82, 2.24) is 0 Å². The highest BCUT2D eigenvalue weighted by Gasteiger charge is 2.22. The predicted octanol–water partition coefficient (Wildman–Crippen LogP) is 32.9. The van der Waals surface area contributed by atoms with Crippen molar-refractivity contribution in [3.63, 3.8) is 0 Å². The fraction of sp³-hybridized carbons (Fsp3) is 0.0615. The molecule has 20 rings (SSSR count). The topological polar surface area (TPSA) is 162 Å². The molecule has 0 N–H and O–H groups in total. The molecule has 17 nitrogen and oxygen atoms in total. The van der Waals surface area contributed by atoms with Gasteiger partial charge in [-0.25, -0.2) is 0 Å². The van der Waals surface area contributed by atoms with E-state index in [9.17, 15) is 28.8 Å². The minimum atomic E-state index is 0.646.